The zero-order valence-corrected chi connectivity index (χ0v) is 12.4. The van der Waals surface area contributed by atoms with Crippen LogP contribution in [-0.4, -0.2) is 18.6 Å². The Labute approximate surface area is 119 Å². The van der Waals surface area contributed by atoms with Crippen LogP contribution >= 0.6 is 0 Å². The normalized spacial score (nSPS) is 13.9. The fourth-order valence-corrected chi connectivity index (χ4v) is 1.61. The van der Waals surface area contributed by atoms with Crippen molar-refractivity contribution in [1.29, 1.82) is 0 Å². The molecule has 1 aromatic carbocycles. The maximum Gasteiger partial charge on any atom is 0.258 e. The summed E-state index contributed by atoms with van der Waals surface area (Å²) in [6.45, 7) is 7.62. The third-order valence-corrected chi connectivity index (χ3v) is 3.21. The van der Waals surface area contributed by atoms with Gasteiger partial charge < -0.3 is 15.8 Å². The highest BCUT2D eigenvalue weighted by Gasteiger charge is 2.14. The van der Waals surface area contributed by atoms with Crippen LogP contribution in [0.3, 0.4) is 0 Å². The van der Waals surface area contributed by atoms with Gasteiger partial charge in [-0.3, -0.25) is 4.79 Å². The molecule has 5 heteroatoms. The molecule has 0 fully saturated rings. The highest BCUT2D eigenvalue weighted by Crippen LogP contribution is 2.24. The van der Waals surface area contributed by atoms with Gasteiger partial charge in [-0.15, -0.1) is 0 Å². The zero-order valence-electron chi connectivity index (χ0n) is 12.4. The Hall–Kier alpha value is -1.62. The van der Waals surface area contributed by atoms with Gasteiger partial charge in [0, 0.05) is 17.6 Å². The third kappa shape index (κ3) is 4.81. The molecule has 3 N–H and O–H groups in total. The van der Waals surface area contributed by atoms with Crippen LogP contribution in [0.15, 0.2) is 18.2 Å². The minimum atomic E-state index is -0.373. The van der Waals surface area contributed by atoms with Crippen LogP contribution in [0.25, 0.3) is 0 Å². The lowest BCUT2D eigenvalue weighted by Gasteiger charge is -2.18. The second kappa shape index (κ2) is 7.24. The van der Waals surface area contributed by atoms with Gasteiger partial charge in [-0.2, -0.15) is 0 Å². The first-order valence-corrected chi connectivity index (χ1v) is 6.78. The van der Waals surface area contributed by atoms with Crippen molar-refractivity contribution in [2.45, 2.75) is 39.8 Å². The molecule has 0 aliphatic carbocycles. The van der Waals surface area contributed by atoms with E-state index in [9.17, 15) is 9.18 Å². The zero-order chi connectivity index (χ0) is 15.3. The molecule has 2 atom stereocenters. The van der Waals surface area contributed by atoms with Crippen molar-refractivity contribution in [3.05, 3.63) is 29.6 Å². The van der Waals surface area contributed by atoms with Gasteiger partial charge in [0.2, 0.25) is 0 Å². The van der Waals surface area contributed by atoms with Gasteiger partial charge in [-0.05, 0) is 38.0 Å². The molecular weight excluding hydrogens is 259 g/mol. The number of benzene rings is 1. The van der Waals surface area contributed by atoms with Gasteiger partial charge in [0.15, 0.2) is 6.61 Å². The summed E-state index contributed by atoms with van der Waals surface area (Å²) in [5, 5.41) is 2.84. The third-order valence-electron chi connectivity index (χ3n) is 3.21. The topological polar surface area (TPSA) is 64.3 Å². The summed E-state index contributed by atoms with van der Waals surface area (Å²) in [4.78, 5) is 11.7. The first-order chi connectivity index (χ1) is 9.31. The molecule has 0 aliphatic heterocycles. The summed E-state index contributed by atoms with van der Waals surface area (Å²) in [5.41, 5.74) is 6.31. The van der Waals surface area contributed by atoms with Crippen molar-refractivity contribution >= 4 is 5.91 Å². The van der Waals surface area contributed by atoms with Crippen molar-refractivity contribution < 1.29 is 13.9 Å². The molecule has 1 rings (SSSR count). The summed E-state index contributed by atoms with van der Waals surface area (Å²) in [6.07, 6.45) is 0. The Balaban J connectivity index is 2.64. The summed E-state index contributed by atoms with van der Waals surface area (Å²) in [6, 6.07) is 3.82. The van der Waals surface area contributed by atoms with E-state index in [-0.39, 0.29) is 30.4 Å². The quantitative estimate of drug-likeness (QED) is 0.842. The van der Waals surface area contributed by atoms with E-state index in [1.807, 2.05) is 20.8 Å². The highest BCUT2D eigenvalue weighted by atomic mass is 19.1. The van der Waals surface area contributed by atoms with E-state index in [1.54, 1.807) is 6.92 Å². The monoisotopic (exact) mass is 282 g/mol. The molecule has 0 saturated heterocycles. The average molecular weight is 282 g/mol. The van der Waals surface area contributed by atoms with Gasteiger partial charge in [-0.1, -0.05) is 13.8 Å². The lowest BCUT2D eigenvalue weighted by atomic mass is 10.1. The molecule has 0 bridgehead atoms. The Morgan fingerprint density at radius 1 is 1.35 bits per heavy atom. The molecule has 112 valence electrons. The number of hydrogen-bond acceptors (Lipinski definition) is 3. The fraction of sp³-hybridized carbons (Fsp3) is 0.533. The molecule has 20 heavy (non-hydrogen) atoms. The van der Waals surface area contributed by atoms with Gasteiger partial charge in [0.05, 0.1) is 0 Å². The molecule has 0 heterocycles. The molecule has 0 radical (unpaired) electrons. The van der Waals surface area contributed by atoms with Crippen molar-refractivity contribution in [1.82, 2.24) is 5.32 Å². The smallest absolute Gasteiger partial charge is 0.258 e. The van der Waals surface area contributed by atoms with E-state index >= 15 is 0 Å². The molecular formula is C15H23FN2O2. The van der Waals surface area contributed by atoms with E-state index in [0.29, 0.717) is 17.2 Å². The minimum Gasteiger partial charge on any atom is -0.483 e. The van der Waals surface area contributed by atoms with Crippen LogP contribution in [0.4, 0.5) is 4.39 Å². The van der Waals surface area contributed by atoms with Crippen molar-refractivity contribution in [2.75, 3.05) is 6.61 Å². The average Bonchev–Trinajstić information content (AvgIpc) is 2.36. The second-order valence-corrected chi connectivity index (χ2v) is 5.36. The Bertz CT molecular complexity index is 461. The van der Waals surface area contributed by atoms with Crippen LogP contribution in [0, 0.1) is 11.7 Å². The van der Waals surface area contributed by atoms with Crippen molar-refractivity contribution in [2.24, 2.45) is 11.7 Å². The summed E-state index contributed by atoms with van der Waals surface area (Å²) >= 11 is 0. The number of nitrogens with two attached hydrogens (primary N) is 1. The number of nitrogens with one attached hydrogen (secondary N) is 1. The van der Waals surface area contributed by atoms with E-state index in [1.165, 1.54) is 18.2 Å². The van der Waals surface area contributed by atoms with E-state index in [4.69, 9.17) is 10.5 Å². The predicted octanol–water partition coefficient (Wildman–Crippen LogP) is 2.38. The van der Waals surface area contributed by atoms with Gasteiger partial charge in [-0.25, -0.2) is 4.39 Å². The minimum absolute atomic E-state index is 0.0761. The van der Waals surface area contributed by atoms with Gasteiger partial charge >= 0.3 is 0 Å². The lowest BCUT2D eigenvalue weighted by Crippen LogP contribution is -2.39. The molecule has 1 aromatic rings. The maximum atomic E-state index is 13.2. The number of ether oxygens (including phenoxy) is 1. The van der Waals surface area contributed by atoms with Gasteiger partial charge in [0.25, 0.3) is 5.91 Å². The molecule has 1 amide bonds. The van der Waals surface area contributed by atoms with Crippen LogP contribution < -0.4 is 15.8 Å². The lowest BCUT2D eigenvalue weighted by molar-refractivity contribution is -0.124. The number of amides is 1. The molecule has 0 aromatic heterocycles. The standard InChI is InChI=1S/C15H23FN2O2/c1-9(2)11(4)18-15(19)8-20-14-6-5-12(16)7-13(14)10(3)17/h5-7,9-11H,8,17H2,1-4H3,(H,18,19). The Morgan fingerprint density at radius 3 is 2.55 bits per heavy atom. The molecule has 0 saturated carbocycles. The highest BCUT2D eigenvalue weighted by molar-refractivity contribution is 5.77. The van der Waals surface area contributed by atoms with Crippen LogP contribution in [-0.2, 0) is 4.79 Å². The number of halogens is 1. The number of carbonyl (C=O) groups excluding carboxylic acids is 1. The Kier molecular flexibility index (Phi) is 5.95. The largest absolute Gasteiger partial charge is 0.483 e. The SMILES string of the molecule is CC(N)c1cc(F)ccc1OCC(=O)NC(C)C(C)C. The second-order valence-electron chi connectivity index (χ2n) is 5.36. The first kappa shape index (κ1) is 16.4. The van der Waals surface area contributed by atoms with Crippen LogP contribution in [0.5, 0.6) is 5.75 Å². The fourth-order valence-electron chi connectivity index (χ4n) is 1.61. The maximum absolute atomic E-state index is 13.2. The summed E-state index contributed by atoms with van der Waals surface area (Å²) in [5.74, 6) is 0.215. The first-order valence-electron chi connectivity index (χ1n) is 6.78. The van der Waals surface area contributed by atoms with E-state index in [2.05, 4.69) is 5.32 Å². The molecule has 4 nitrogen and oxygen atoms in total. The number of hydrogen-bond donors (Lipinski definition) is 2. The Morgan fingerprint density at radius 2 is 2.00 bits per heavy atom. The molecule has 0 spiro atoms. The summed E-state index contributed by atoms with van der Waals surface area (Å²) in [7, 11) is 0. The number of rotatable bonds is 6. The van der Waals surface area contributed by atoms with E-state index < -0.39 is 0 Å². The molecule has 2 unspecified atom stereocenters. The predicted molar refractivity (Wildman–Crippen MR) is 76.9 cm³/mol. The van der Waals surface area contributed by atoms with Crippen molar-refractivity contribution in [3.63, 3.8) is 0 Å². The van der Waals surface area contributed by atoms with Crippen LogP contribution in [0.2, 0.25) is 0 Å². The van der Waals surface area contributed by atoms with Crippen molar-refractivity contribution in [3.8, 4) is 5.75 Å². The van der Waals surface area contributed by atoms with E-state index in [0.717, 1.165) is 0 Å². The summed E-state index contributed by atoms with van der Waals surface area (Å²) < 4.78 is 18.6. The molecule has 0 aliphatic rings. The van der Waals surface area contributed by atoms with Crippen LogP contribution in [0.1, 0.15) is 39.3 Å². The number of carbonyl (C=O) groups is 1. The van der Waals surface area contributed by atoms with Gasteiger partial charge in [0.1, 0.15) is 11.6 Å².